The monoisotopic (exact) mass is 397 g/mol. The second-order valence-corrected chi connectivity index (χ2v) is 7.08. The van der Waals surface area contributed by atoms with Crippen molar-refractivity contribution in [2.24, 2.45) is 5.92 Å². The topological polar surface area (TPSA) is 44.4 Å². The zero-order valence-corrected chi connectivity index (χ0v) is 15.3. The normalized spacial score (nSPS) is 20.6. The number of hydrazine groups is 1. The molecule has 2 aromatic rings. The summed E-state index contributed by atoms with van der Waals surface area (Å²) in [6.07, 6.45) is -4.39. The van der Waals surface area contributed by atoms with E-state index in [0.717, 1.165) is 17.7 Å². The Labute approximate surface area is 160 Å². The van der Waals surface area contributed by atoms with E-state index in [4.69, 9.17) is 11.6 Å². The van der Waals surface area contributed by atoms with E-state index in [1.54, 1.807) is 0 Å². The number of nitrogens with zero attached hydrogens (tertiary/aromatic N) is 1. The first kappa shape index (κ1) is 19.7. The molecule has 4 nitrogen and oxygen atoms in total. The van der Waals surface area contributed by atoms with Crippen LogP contribution in [-0.2, 0) is 11.0 Å². The van der Waals surface area contributed by atoms with E-state index in [9.17, 15) is 18.0 Å². The van der Waals surface area contributed by atoms with E-state index in [0.29, 0.717) is 17.3 Å². The van der Waals surface area contributed by atoms with Crippen LogP contribution in [0.2, 0.25) is 5.02 Å². The third-order valence-corrected chi connectivity index (χ3v) is 4.71. The Morgan fingerprint density at radius 2 is 1.81 bits per heavy atom. The van der Waals surface area contributed by atoms with Crippen LogP contribution in [0.4, 0.5) is 18.9 Å². The van der Waals surface area contributed by atoms with E-state index >= 15 is 0 Å². The third kappa shape index (κ3) is 5.00. The van der Waals surface area contributed by atoms with Gasteiger partial charge in [0.25, 0.3) is 0 Å². The van der Waals surface area contributed by atoms with Crippen LogP contribution in [0.25, 0.3) is 0 Å². The molecule has 2 atom stereocenters. The average Bonchev–Trinajstić information content (AvgIpc) is 2.95. The number of carbonyl (C=O) groups is 1. The van der Waals surface area contributed by atoms with Gasteiger partial charge in [0, 0.05) is 17.3 Å². The molecule has 1 amide bonds. The van der Waals surface area contributed by atoms with Crippen LogP contribution in [0.3, 0.4) is 0 Å². The Kier molecular flexibility index (Phi) is 5.74. The van der Waals surface area contributed by atoms with Crippen LogP contribution in [0.1, 0.15) is 24.1 Å². The molecular formula is C19H19ClF3N3O. The highest BCUT2D eigenvalue weighted by Crippen LogP contribution is 2.30. The molecule has 0 aromatic heterocycles. The molecule has 2 N–H and O–H groups in total. The lowest BCUT2D eigenvalue weighted by atomic mass is 9.97. The molecule has 144 valence electrons. The third-order valence-electron chi connectivity index (χ3n) is 4.46. The van der Waals surface area contributed by atoms with Gasteiger partial charge in [-0.05, 0) is 47.9 Å². The molecule has 0 saturated carbocycles. The average molecular weight is 398 g/mol. The zero-order valence-electron chi connectivity index (χ0n) is 14.6. The fourth-order valence-electron chi connectivity index (χ4n) is 3.13. The standard InChI is InChI=1S/C19H19ClF3N3O/c1-12-10-26(25-18(12)13-2-6-15(20)7-3-13)11-17(27)24-16-8-4-14(5-9-16)19(21,22)23/h2-9,12,18,25H,10-11H2,1H3,(H,24,27)/t12-,18-/m1/s1. The summed E-state index contributed by atoms with van der Waals surface area (Å²) < 4.78 is 37.7. The summed E-state index contributed by atoms with van der Waals surface area (Å²) in [4.78, 5) is 12.2. The van der Waals surface area contributed by atoms with Crippen molar-refractivity contribution >= 4 is 23.2 Å². The van der Waals surface area contributed by atoms with Crippen molar-refractivity contribution in [3.05, 3.63) is 64.7 Å². The minimum absolute atomic E-state index is 0.0705. The van der Waals surface area contributed by atoms with Crippen LogP contribution >= 0.6 is 11.6 Å². The van der Waals surface area contributed by atoms with Gasteiger partial charge in [-0.1, -0.05) is 30.7 Å². The lowest BCUT2D eigenvalue weighted by Crippen LogP contribution is -2.38. The molecule has 1 heterocycles. The van der Waals surface area contributed by atoms with Crippen LogP contribution in [0.15, 0.2) is 48.5 Å². The number of amides is 1. The minimum atomic E-state index is -4.39. The van der Waals surface area contributed by atoms with Crippen LogP contribution < -0.4 is 10.7 Å². The maximum absolute atomic E-state index is 12.6. The molecule has 0 aliphatic carbocycles. The van der Waals surface area contributed by atoms with E-state index in [1.807, 2.05) is 29.3 Å². The molecular weight excluding hydrogens is 379 g/mol. The predicted molar refractivity (Wildman–Crippen MR) is 98.1 cm³/mol. The number of hydrogen-bond acceptors (Lipinski definition) is 3. The molecule has 8 heteroatoms. The summed E-state index contributed by atoms with van der Waals surface area (Å²) in [7, 11) is 0. The summed E-state index contributed by atoms with van der Waals surface area (Å²) in [5.41, 5.74) is 3.96. The SMILES string of the molecule is C[C@@H]1CN(CC(=O)Nc2ccc(C(F)(F)F)cc2)N[C@H]1c1ccc(Cl)cc1. The van der Waals surface area contributed by atoms with E-state index in [1.165, 1.54) is 12.1 Å². The highest BCUT2D eigenvalue weighted by atomic mass is 35.5. The maximum atomic E-state index is 12.6. The molecule has 27 heavy (non-hydrogen) atoms. The second kappa shape index (κ2) is 7.88. The van der Waals surface area contributed by atoms with Gasteiger partial charge in [-0.3, -0.25) is 4.79 Å². The number of nitrogens with one attached hydrogen (secondary N) is 2. The quantitative estimate of drug-likeness (QED) is 0.798. The zero-order chi connectivity index (χ0) is 19.6. The molecule has 1 aliphatic heterocycles. The smallest absolute Gasteiger partial charge is 0.325 e. The van der Waals surface area contributed by atoms with E-state index < -0.39 is 11.7 Å². The van der Waals surface area contributed by atoms with Gasteiger partial charge < -0.3 is 5.32 Å². The van der Waals surface area contributed by atoms with Gasteiger partial charge in [-0.2, -0.15) is 13.2 Å². The summed E-state index contributed by atoms with van der Waals surface area (Å²) in [6, 6.07) is 12.0. The summed E-state index contributed by atoms with van der Waals surface area (Å²) in [5, 5.41) is 5.09. The van der Waals surface area contributed by atoms with Gasteiger partial charge in [0.05, 0.1) is 18.2 Å². The summed E-state index contributed by atoms with van der Waals surface area (Å²) >= 11 is 5.92. The van der Waals surface area contributed by atoms with Crippen LogP contribution in [0.5, 0.6) is 0 Å². The molecule has 3 rings (SSSR count). The number of rotatable bonds is 4. The largest absolute Gasteiger partial charge is 0.416 e. The molecule has 0 radical (unpaired) electrons. The van der Waals surface area contributed by atoms with Crippen LogP contribution in [-0.4, -0.2) is 24.0 Å². The minimum Gasteiger partial charge on any atom is -0.325 e. The molecule has 0 spiro atoms. The first-order valence-electron chi connectivity index (χ1n) is 8.46. The Bertz CT molecular complexity index is 793. The highest BCUT2D eigenvalue weighted by Gasteiger charge is 2.32. The van der Waals surface area contributed by atoms with Crippen molar-refractivity contribution in [1.29, 1.82) is 0 Å². The molecule has 2 aromatic carbocycles. The first-order chi connectivity index (χ1) is 12.7. The number of hydrogen-bond donors (Lipinski definition) is 2. The summed E-state index contributed by atoms with van der Waals surface area (Å²) in [5.74, 6) is -0.0174. The van der Waals surface area contributed by atoms with Crippen molar-refractivity contribution in [2.45, 2.75) is 19.1 Å². The van der Waals surface area contributed by atoms with Crippen molar-refractivity contribution in [3.63, 3.8) is 0 Å². The number of carbonyl (C=O) groups excluding carboxylic acids is 1. The second-order valence-electron chi connectivity index (χ2n) is 6.64. The lowest BCUT2D eigenvalue weighted by Gasteiger charge is -2.18. The van der Waals surface area contributed by atoms with Gasteiger partial charge in [0.1, 0.15) is 0 Å². The molecule has 0 bridgehead atoms. The summed E-state index contributed by atoms with van der Waals surface area (Å²) in [6.45, 7) is 2.85. The van der Waals surface area contributed by atoms with E-state index in [-0.39, 0.29) is 24.4 Å². The Morgan fingerprint density at radius 1 is 1.19 bits per heavy atom. The van der Waals surface area contributed by atoms with Crippen LogP contribution in [0, 0.1) is 5.92 Å². The first-order valence-corrected chi connectivity index (χ1v) is 8.84. The van der Waals surface area contributed by atoms with Crippen molar-refractivity contribution in [3.8, 4) is 0 Å². The number of anilines is 1. The van der Waals surface area contributed by atoms with Crippen molar-refractivity contribution in [1.82, 2.24) is 10.4 Å². The van der Waals surface area contributed by atoms with Gasteiger partial charge in [-0.25, -0.2) is 10.4 Å². The molecule has 0 unspecified atom stereocenters. The van der Waals surface area contributed by atoms with Gasteiger partial charge in [0.15, 0.2) is 0 Å². The Morgan fingerprint density at radius 3 is 2.41 bits per heavy atom. The molecule has 1 aliphatic rings. The molecule has 1 fully saturated rings. The Hall–Kier alpha value is -2.09. The van der Waals surface area contributed by atoms with E-state index in [2.05, 4.69) is 17.7 Å². The van der Waals surface area contributed by atoms with Gasteiger partial charge in [0.2, 0.25) is 5.91 Å². The number of alkyl halides is 3. The van der Waals surface area contributed by atoms with Gasteiger partial charge in [-0.15, -0.1) is 0 Å². The molecule has 1 saturated heterocycles. The fourth-order valence-corrected chi connectivity index (χ4v) is 3.26. The predicted octanol–water partition coefficient (Wildman–Crippen LogP) is 4.49. The fraction of sp³-hybridized carbons (Fsp3) is 0.316. The number of benzene rings is 2. The highest BCUT2D eigenvalue weighted by molar-refractivity contribution is 6.30. The lowest BCUT2D eigenvalue weighted by molar-refractivity contribution is -0.137. The maximum Gasteiger partial charge on any atom is 0.416 e. The Balaban J connectivity index is 1.56. The number of halogens is 4. The van der Waals surface area contributed by atoms with Crippen molar-refractivity contribution in [2.75, 3.05) is 18.4 Å². The van der Waals surface area contributed by atoms with Gasteiger partial charge >= 0.3 is 6.18 Å². The van der Waals surface area contributed by atoms with Crippen molar-refractivity contribution < 1.29 is 18.0 Å².